The molecule has 25 heavy (non-hydrogen) atoms. The lowest BCUT2D eigenvalue weighted by Crippen LogP contribution is -2.46. The fourth-order valence-corrected chi connectivity index (χ4v) is 5.50. The summed E-state index contributed by atoms with van der Waals surface area (Å²) >= 11 is 1.59. The normalized spacial score (nSPS) is 18.4. The van der Waals surface area contributed by atoms with Crippen molar-refractivity contribution in [2.24, 2.45) is 0 Å². The number of carbonyl (C=O) groups excluding carboxylic acids is 1. The number of rotatable bonds is 5. The molecule has 7 heteroatoms. The number of amides is 1. The van der Waals surface area contributed by atoms with E-state index in [2.05, 4.69) is 0 Å². The van der Waals surface area contributed by atoms with Gasteiger partial charge in [-0.2, -0.15) is 4.31 Å². The van der Waals surface area contributed by atoms with Gasteiger partial charge in [-0.05, 0) is 43.3 Å². The zero-order valence-electron chi connectivity index (χ0n) is 14.4. The highest BCUT2D eigenvalue weighted by Gasteiger charge is 2.40. The summed E-state index contributed by atoms with van der Waals surface area (Å²) in [5.74, 6) is -0.137. The summed E-state index contributed by atoms with van der Waals surface area (Å²) in [5, 5.41) is 1.97. The number of likely N-dealkylation sites (N-methyl/N-ethyl adjacent to an activating group) is 1. The van der Waals surface area contributed by atoms with Crippen molar-refractivity contribution in [2.75, 3.05) is 13.6 Å². The Morgan fingerprint density at radius 2 is 2.00 bits per heavy atom. The molecule has 0 N–H and O–H groups in total. The molecule has 2 heterocycles. The summed E-state index contributed by atoms with van der Waals surface area (Å²) in [6.07, 6.45) is 1.27. The molecule has 0 aliphatic carbocycles. The summed E-state index contributed by atoms with van der Waals surface area (Å²) in [7, 11) is -1.92. The van der Waals surface area contributed by atoms with Crippen molar-refractivity contribution in [1.29, 1.82) is 0 Å². The highest BCUT2D eigenvalue weighted by Crippen LogP contribution is 2.27. The topological polar surface area (TPSA) is 57.7 Å². The van der Waals surface area contributed by atoms with Gasteiger partial charge >= 0.3 is 0 Å². The van der Waals surface area contributed by atoms with Crippen molar-refractivity contribution in [2.45, 2.75) is 37.2 Å². The third-order valence-electron chi connectivity index (χ3n) is 4.47. The Kier molecular flexibility index (Phi) is 5.27. The van der Waals surface area contributed by atoms with Crippen LogP contribution in [0.1, 0.15) is 23.3 Å². The molecule has 1 saturated heterocycles. The quantitative estimate of drug-likeness (QED) is 0.804. The monoisotopic (exact) mass is 378 g/mol. The van der Waals surface area contributed by atoms with E-state index in [-0.39, 0.29) is 10.8 Å². The third kappa shape index (κ3) is 3.78. The molecule has 1 aliphatic heterocycles. The Labute approximate surface area is 152 Å². The van der Waals surface area contributed by atoms with E-state index in [1.54, 1.807) is 47.5 Å². The molecule has 3 rings (SSSR count). The van der Waals surface area contributed by atoms with Crippen LogP contribution in [0.2, 0.25) is 0 Å². The van der Waals surface area contributed by atoms with Crippen LogP contribution >= 0.6 is 11.3 Å². The van der Waals surface area contributed by atoms with Crippen molar-refractivity contribution < 1.29 is 13.2 Å². The van der Waals surface area contributed by atoms with Crippen LogP contribution < -0.4 is 0 Å². The first-order valence-corrected chi connectivity index (χ1v) is 10.6. The van der Waals surface area contributed by atoms with Crippen molar-refractivity contribution in [1.82, 2.24) is 9.21 Å². The number of carbonyl (C=O) groups is 1. The average Bonchev–Trinajstić information content (AvgIpc) is 3.26. The van der Waals surface area contributed by atoms with Gasteiger partial charge < -0.3 is 4.90 Å². The van der Waals surface area contributed by atoms with Gasteiger partial charge in [0.15, 0.2) is 0 Å². The molecule has 134 valence electrons. The van der Waals surface area contributed by atoms with Gasteiger partial charge in [-0.3, -0.25) is 4.79 Å². The lowest BCUT2D eigenvalue weighted by molar-refractivity contribution is -0.133. The fraction of sp³-hybridized carbons (Fsp3) is 0.389. The van der Waals surface area contributed by atoms with E-state index in [9.17, 15) is 13.2 Å². The Balaban J connectivity index is 1.79. The Hall–Kier alpha value is -1.70. The van der Waals surface area contributed by atoms with Crippen LogP contribution in [-0.4, -0.2) is 43.2 Å². The molecular weight excluding hydrogens is 356 g/mol. The molecule has 0 saturated carbocycles. The van der Waals surface area contributed by atoms with Gasteiger partial charge in [0.1, 0.15) is 6.04 Å². The van der Waals surface area contributed by atoms with E-state index in [0.717, 1.165) is 10.4 Å². The predicted molar refractivity (Wildman–Crippen MR) is 98.9 cm³/mol. The second-order valence-corrected chi connectivity index (χ2v) is 9.28. The van der Waals surface area contributed by atoms with Crippen LogP contribution in [-0.2, 0) is 21.4 Å². The molecule has 0 radical (unpaired) electrons. The van der Waals surface area contributed by atoms with Crippen molar-refractivity contribution >= 4 is 27.3 Å². The lowest BCUT2D eigenvalue weighted by Gasteiger charge is -2.27. The maximum absolute atomic E-state index is 13.0. The minimum absolute atomic E-state index is 0.137. The number of hydrogen-bond acceptors (Lipinski definition) is 4. The predicted octanol–water partition coefficient (Wildman–Crippen LogP) is 2.87. The molecule has 1 aromatic carbocycles. The van der Waals surface area contributed by atoms with E-state index >= 15 is 0 Å². The fourth-order valence-electron chi connectivity index (χ4n) is 3.09. The summed E-state index contributed by atoms with van der Waals surface area (Å²) in [6.45, 7) is 2.81. The number of sulfonamides is 1. The van der Waals surface area contributed by atoms with Gasteiger partial charge in [-0.15, -0.1) is 11.3 Å². The van der Waals surface area contributed by atoms with E-state index in [1.807, 2.05) is 24.4 Å². The maximum atomic E-state index is 13.0. The highest BCUT2D eigenvalue weighted by atomic mass is 32.2. The second-order valence-electron chi connectivity index (χ2n) is 6.36. The SMILES string of the molecule is Cc1ccc(S(=O)(=O)N2CCC[C@H]2C(=O)N(C)Cc2cccs2)cc1. The van der Waals surface area contributed by atoms with Gasteiger partial charge in [0.25, 0.3) is 0 Å². The minimum atomic E-state index is -3.66. The molecule has 1 atom stereocenters. The largest absolute Gasteiger partial charge is 0.339 e. The number of hydrogen-bond donors (Lipinski definition) is 0. The summed E-state index contributed by atoms with van der Waals surface area (Å²) in [4.78, 5) is 15.8. The molecular formula is C18H22N2O3S2. The van der Waals surface area contributed by atoms with Gasteiger partial charge in [0, 0.05) is 18.5 Å². The standard InChI is InChI=1S/C18H22N2O3S2/c1-14-7-9-16(10-8-14)25(22,23)20-11-3-6-17(20)18(21)19(2)13-15-5-4-12-24-15/h4-5,7-10,12,17H,3,6,11,13H2,1-2H3/t17-/m0/s1. The molecule has 2 aromatic rings. The van der Waals surface area contributed by atoms with Crippen LogP contribution in [0.15, 0.2) is 46.7 Å². The minimum Gasteiger partial charge on any atom is -0.339 e. The molecule has 0 spiro atoms. The van der Waals surface area contributed by atoms with E-state index < -0.39 is 16.1 Å². The number of nitrogens with zero attached hydrogens (tertiary/aromatic N) is 2. The van der Waals surface area contributed by atoms with Crippen LogP contribution in [0.4, 0.5) is 0 Å². The molecule has 5 nitrogen and oxygen atoms in total. The first-order chi connectivity index (χ1) is 11.9. The van der Waals surface area contributed by atoms with Gasteiger partial charge in [-0.1, -0.05) is 23.8 Å². The zero-order valence-corrected chi connectivity index (χ0v) is 16.0. The highest BCUT2D eigenvalue weighted by molar-refractivity contribution is 7.89. The molecule has 1 aliphatic rings. The Bertz CT molecular complexity index is 830. The Morgan fingerprint density at radius 1 is 1.28 bits per heavy atom. The average molecular weight is 379 g/mol. The smallest absolute Gasteiger partial charge is 0.243 e. The number of benzene rings is 1. The molecule has 0 bridgehead atoms. The first kappa shape index (κ1) is 18.1. The maximum Gasteiger partial charge on any atom is 0.243 e. The van der Waals surface area contributed by atoms with Crippen molar-refractivity contribution in [3.05, 3.63) is 52.2 Å². The van der Waals surface area contributed by atoms with E-state index in [4.69, 9.17) is 0 Å². The second kappa shape index (κ2) is 7.27. The van der Waals surface area contributed by atoms with Gasteiger partial charge in [0.2, 0.25) is 15.9 Å². The summed E-state index contributed by atoms with van der Waals surface area (Å²) in [6, 6.07) is 10.1. The van der Waals surface area contributed by atoms with Gasteiger partial charge in [-0.25, -0.2) is 8.42 Å². The van der Waals surface area contributed by atoms with Crippen LogP contribution in [0.3, 0.4) is 0 Å². The van der Waals surface area contributed by atoms with Crippen molar-refractivity contribution in [3.63, 3.8) is 0 Å². The van der Waals surface area contributed by atoms with Gasteiger partial charge in [0.05, 0.1) is 11.4 Å². The number of thiophene rings is 1. The summed E-state index contributed by atoms with van der Waals surface area (Å²) < 4.78 is 27.3. The van der Waals surface area contributed by atoms with Crippen LogP contribution in [0, 0.1) is 6.92 Å². The number of aryl methyl sites for hydroxylation is 1. The molecule has 1 aromatic heterocycles. The molecule has 1 fully saturated rings. The third-order valence-corrected chi connectivity index (χ3v) is 7.25. The summed E-state index contributed by atoms with van der Waals surface area (Å²) in [5.41, 5.74) is 1.00. The van der Waals surface area contributed by atoms with Crippen LogP contribution in [0.5, 0.6) is 0 Å². The van der Waals surface area contributed by atoms with E-state index in [1.165, 1.54) is 4.31 Å². The molecule has 1 amide bonds. The van der Waals surface area contributed by atoms with E-state index in [0.29, 0.717) is 25.9 Å². The van der Waals surface area contributed by atoms with Crippen LogP contribution in [0.25, 0.3) is 0 Å². The molecule has 0 unspecified atom stereocenters. The zero-order chi connectivity index (χ0) is 18.0. The first-order valence-electron chi connectivity index (χ1n) is 8.25. The lowest BCUT2D eigenvalue weighted by atomic mass is 10.2. The van der Waals surface area contributed by atoms with Crippen molar-refractivity contribution in [3.8, 4) is 0 Å². The Morgan fingerprint density at radius 3 is 2.64 bits per heavy atom.